The van der Waals surface area contributed by atoms with Gasteiger partial charge in [0.15, 0.2) is 8.03 Å². The second-order valence-corrected chi connectivity index (χ2v) is 10.8. The summed E-state index contributed by atoms with van der Waals surface area (Å²) in [6.07, 6.45) is -0.256. The van der Waals surface area contributed by atoms with Crippen LogP contribution < -0.4 is 16.4 Å². The molecule has 0 saturated heterocycles. The molecule has 2 aromatic carbocycles. The number of carbonyl (C=O) groups excluding carboxylic acids is 2. The van der Waals surface area contributed by atoms with E-state index in [0.717, 1.165) is 16.0 Å². The molecule has 3 aromatic rings. The highest BCUT2D eigenvalue weighted by atomic mass is 32.1. The predicted molar refractivity (Wildman–Crippen MR) is 137 cm³/mol. The molecule has 34 heavy (non-hydrogen) atoms. The number of nitrogens with one attached hydrogen (secondary N) is 2. The van der Waals surface area contributed by atoms with Crippen LogP contribution in [0.25, 0.3) is 10.4 Å². The number of ether oxygens (including phenoxy) is 1. The van der Waals surface area contributed by atoms with Gasteiger partial charge in [0.25, 0.3) is 5.91 Å². The van der Waals surface area contributed by atoms with Crippen molar-refractivity contribution in [1.82, 2.24) is 5.32 Å². The van der Waals surface area contributed by atoms with Crippen LogP contribution in [0.5, 0.6) is 0 Å². The molecule has 1 aromatic heterocycles. The van der Waals surface area contributed by atoms with Gasteiger partial charge in [0.1, 0.15) is 6.61 Å². The zero-order valence-corrected chi connectivity index (χ0v) is 20.8. The summed E-state index contributed by atoms with van der Waals surface area (Å²) in [6, 6.07) is 16.3. The monoisotopic (exact) mass is 501 g/mol. The molecule has 0 bridgehead atoms. The molecular weight excluding hydrogens is 473 g/mol. The van der Waals surface area contributed by atoms with Crippen LogP contribution in [-0.4, -0.2) is 28.7 Å². The van der Waals surface area contributed by atoms with Crippen molar-refractivity contribution in [2.24, 2.45) is 0 Å². The summed E-state index contributed by atoms with van der Waals surface area (Å²) in [5, 5.41) is 6.50. The molecule has 2 atom stereocenters. The number of hydrogen-bond acceptors (Lipinski definition) is 6. The molecule has 3 rings (SSSR count). The van der Waals surface area contributed by atoms with Crippen LogP contribution in [0, 0.1) is 0 Å². The summed E-state index contributed by atoms with van der Waals surface area (Å²) in [7, 11) is -2.84. The Balaban J connectivity index is 1.55. The fourth-order valence-corrected chi connectivity index (χ4v) is 4.22. The van der Waals surface area contributed by atoms with Crippen molar-refractivity contribution < 1.29 is 23.8 Å². The number of thiophene rings is 1. The molecule has 0 radical (unpaired) electrons. The van der Waals surface area contributed by atoms with Crippen molar-refractivity contribution in [3.8, 4) is 10.4 Å². The van der Waals surface area contributed by atoms with E-state index < -0.39 is 19.3 Å². The molecule has 10 heteroatoms. The van der Waals surface area contributed by atoms with Gasteiger partial charge in [-0.15, -0.1) is 11.3 Å². The quantitative estimate of drug-likeness (QED) is 0.238. The maximum atomic E-state index is 12.7. The van der Waals surface area contributed by atoms with E-state index in [2.05, 4.69) is 10.6 Å². The molecule has 0 spiro atoms. The Labute approximate surface area is 203 Å². The van der Waals surface area contributed by atoms with E-state index in [4.69, 9.17) is 10.5 Å². The Morgan fingerprint density at radius 3 is 2.53 bits per heavy atom. The Bertz CT molecular complexity index is 1170. The van der Waals surface area contributed by atoms with Crippen LogP contribution in [0.1, 0.15) is 36.2 Å². The zero-order valence-electron chi connectivity index (χ0n) is 19.0. The first kappa shape index (κ1) is 25.5. The van der Waals surface area contributed by atoms with Gasteiger partial charge in [-0.2, -0.15) is 0 Å². The highest BCUT2D eigenvalue weighted by molar-refractivity contribution is 7.40. The van der Waals surface area contributed by atoms with Crippen LogP contribution in [-0.2, 0) is 15.8 Å². The van der Waals surface area contributed by atoms with Gasteiger partial charge in [0.05, 0.1) is 16.5 Å². The maximum Gasteiger partial charge on any atom is 0.407 e. The van der Waals surface area contributed by atoms with Gasteiger partial charge in [-0.3, -0.25) is 9.36 Å². The van der Waals surface area contributed by atoms with Crippen molar-refractivity contribution in [2.75, 3.05) is 17.7 Å². The zero-order chi connectivity index (χ0) is 24.7. The highest BCUT2D eigenvalue weighted by Gasteiger charge is 2.30. The second kappa shape index (κ2) is 11.3. The van der Waals surface area contributed by atoms with E-state index in [1.165, 1.54) is 0 Å². The minimum absolute atomic E-state index is 0.139. The number of nitrogens with two attached hydrogens (primary N) is 1. The number of hydrogen-bond donors (Lipinski definition) is 4. The normalized spacial score (nSPS) is 13.5. The Hall–Kier alpha value is -3.13. The minimum atomic E-state index is -2.84. The van der Waals surface area contributed by atoms with E-state index in [0.29, 0.717) is 23.4 Å². The van der Waals surface area contributed by atoms with Crippen LogP contribution in [0.4, 0.5) is 16.2 Å². The summed E-state index contributed by atoms with van der Waals surface area (Å²) in [4.78, 5) is 35.2. The van der Waals surface area contributed by atoms with Crippen molar-refractivity contribution in [3.05, 3.63) is 71.1 Å². The Morgan fingerprint density at radius 1 is 1.18 bits per heavy atom. The summed E-state index contributed by atoms with van der Waals surface area (Å²) in [6.45, 7) is 3.43. The summed E-state index contributed by atoms with van der Waals surface area (Å²) >= 11 is 1.60. The molecule has 8 nitrogen and oxygen atoms in total. The van der Waals surface area contributed by atoms with Crippen molar-refractivity contribution in [2.45, 2.75) is 32.0 Å². The molecule has 0 saturated carbocycles. The molecule has 0 aliphatic heterocycles. The van der Waals surface area contributed by atoms with E-state index in [1.54, 1.807) is 55.5 Å². The van der Waals surface area contributed by atoms with Gasteiger partial charge in [-0.05, 0) is 60.2 Å². The molecule has 180 valence electrons. The average Bonchev–Trinajstić information content (AvgIpc) is 3.37. The molecule has 0 fully saturated rings. The Morgan fingerprint density at radius 2 is 1.91 bits per heavy atom. The molecule has 2 unspecified atom stereocenters. The lowest BCUT2D eigenvalue weighted by Crippen LogP contribution is -2.32. The summed E-state index contributed by atoms with van der Waals surface area (Å²) < 4.78 is 16.6. The van der Waals surface area contributed by atoms with Gasteiger partial charge >= 0.3 is 6.09 Å². The fourth-order valence-electron chi connectivity index (χ4n) is 2.99. The highest BCUT2D eigenvalue weighted by Crippen LogP contribution is 2.38. The van der Waals surface area contributed by atoms with E-state index in [9.17, 15) is 19.0 Å². The number of benzene rings is 2. The van der Waals surface area contributed by atoms with Crippen molar-refractivity contribution in [3.63, 3.8) is 0 Å². The molecule has 0 aliphatic carbocycles. The molecule has 5 N–H and O–H groups in total. The standard InChI is InChI=1S/C24H28N3O5PS/c1-3-24(2,33(30)31)15-32-23(29)26-14-16-6-8-17(9-7-16)22(28)27-20-13-18(10-11-19(20)25)21-5-4-12-34-21/h4-13,33H,3,14-15,25H2,1-2H3,(H,26,29)(H,27,28)(H,30,31). The first-order chi connectivity index (χ1) is 16.2. The predicted octanol–water partition coefficient (Wildman–Crippen LogP) is 5.11. The third-order valence-electron chi connectivity index (χ3n) is 5.58. The number of anilines is 2. The first-order valence-corrected chi connectivity index (χ1v) is 12.9. The van der Waals surface area contributed by atoms with Gasteiger partial charge < -0.3 is 26.0 Å². The van der Waals surface area contributed by atoms with E-state index in [1.807, 2.05) is 29.6 Å². The molecule has 1 heterocycles. The first-order valence-electron chi connectivity index (χ1n) is 10.7. The van der Waals surface area contributed by atoms with E-state index >= 15 is 0 Å². The third kappa shape index (κ3) is 6.47. The van der Waals surface area contributed by atoms with Crippen LogP contribution in [0.15, 0.2) is 60.0 Å². The lowest BCUT2D eigenvalue weighted by Gasteiger charge is -2.23. The molecule has 0 aliphatic rings. The number of amides is 2. The number of carbonyl (C=O) groups is 2. The minimum Gasteiger partial charge on any atom is -0.448 e. The van der Waals surface area contributed by atoms with Crippen molar-refractivity contribution >= 4 is 42.7 Å². The maximum absolute atomic E-state index is 12.7. The topological polar surface area (TPSA) is 131 Å². The lowest BCUT2D eigenvalue weighted by atomic mass is 10.1. The fraction of sp³-hybridized carbons (Fsp3) is 0.250. The average molecular weight is 502 g/mol. The largest absolute Gasteiger partial charge is 0.448 e. The Kier molecular flexibility index (Phi) is 8.50. The van der Waals surface area contributed by atoms with Crippen LogP contribution >= 0.6 is 19.4 Å². The summed E-state index contributed by atoms with van der Waals surface area (Å²) in [5.74, 6) is -0.299. The second-order valence-electron chi connectivity index (χ2n) is 8.08. The van der Waals surface area contributed by atoms with Gasteiger partial charge in [-0.1, -0.05) is 31.2 Å². The van der Waals surface area contributed by atoms with Crippen LogP contribution in [0.2, 0.25) is 0 Å². The van der Waals surface area contributed by atoms with Crippen LogP contribution in [0.3, 0.4) is 0 Å². The number of rotatable bonds is 9. The van der Waals surface area contributed by atoms with Crippen molar-refractivity contribution in [1.29, 1.82) is 0 Å². The SMILES string of the molecule is CCC(C)(COC(=O)NCc1ccc(C(=O)Nc2cc(-c3cccs3)ccc2N)cc1)[PH](=O)O. The van der Waals surface area contributed by atoms with Gasteiger partial charge in [0, 0.05) is 17.0 Å². The van der Waals surface area contributed by atoms with E-state index in [-0.39, 0.29) is 19.1 Å². The smallest absolute Gasteiger partial charge is 0.407 e. The third-order valence-corrected chi connectivity index (χ3v) is 8.03. The number of alkyl carbamates (subject to hydrolysis) is 1. The molecule has 2 amide bonds. The molecular formula is C24H28N3O5PS. The number of nitrogen functional groups attached to an aromatic ring is 1. The summed E-state index contributed by atoms with van der Waals surface area (Å²) in [5.41, 5.74) is 9.23. The van der Waals surface area contributed by atoms with Gasteiger partial charge in [0.2, 0.25) is 0 Å². The lowest BCUT2D eigenvalue weighted by molar-refractivity contribution is 0.102. The van der Waals surface area contributed by atoms with Gasteiger partial charge in [-0.25, -0.2) is 4.79 Å².